The maximum Gasteiger partial charge on any atom is 1.00 e. The second kappa shape index (κ2) is 269. The summed E-state index contributed by atoms with van der Waals surface area (Å²) in [7, 11) is 0. The van der Waals surface area contributed by atoms with Crippen LogP contribution < -0.4 is 0 Å². The molecule has 0 aromatic carbocycles. The number of hydrogen-bond acceptors (Lipinski definition) is 2. The van der Waals surface area contributed by atoms with E-state index >= 15 is 0 Å². The molecule has 0 aromatic rings. The van der Waals surface area contributed by atoms with Crippen LogP contribution in [0, 0.1) is 9.81 Å². The van der Waals surface area contributed by atoms with Gasteiger partial charge in [0.25, 0.3) is 0 Å². The molecule has 0 aliphatic heterocycles. The Bertz CT molecular complexity index is 11.5. The molecule has 0 radical (unpaired) electrons. The van der Waals surface area contributed by atoms with Crippen molar-refractivity contribution in [3.63, 3.8) is 0 Å². The summed E-state index contributed by atoms with van der Waals surface area (Å²) in [4.78, 5) is 14.5. The fourth-order valence-electron chi connectivity index (χ4n) is 0. The van der Waals surface area contributed by atoms with Crippen molar-refractivity contribution in [3.05, 3.63) is 21.0 Å². The van der Waals surface area contributed by atoms with E-state index in [0.29, 0.717) is 0 Å². The van der Waals surface area contributed by atoms with Crippen LogP contribution in [0.1, 0.15) is 0 Å². The van der Waals surface area contributed by atoms with E-state index in [1.807, 2.05) is 0 Å². The van der Waals surface area contributed by atoms with Crippen LogP contribution in [-0.2, 0) is 44.8 Å². The summed E-state index contributed by atoms with van der Waals surface area (Å²) < 4.78 is 0. The van der Waals surface area contributed by atoms with E-state index in [9.17, 15) is 0 Å². The molecule has 0 unspecified atom stereocenters. The van der Waals surface area contributed by atoms with Gasteiger partial charge < -0.3 is 21.0 Å². The molecule has 0 saturated heterocycles. The Balaban J connectivity index is -0.00000000500. The van der Waals surface area contributed by atoms with Crippen molar-refractivity contribution in [1.82, 2.24) is 0 Å². The van der Waals surface area contributed by atoms with Gasteiger partial charge >= 0.3 is 44.8 Å². The van der Waals surface area contributed by atoms with Crippen molar-refractivity contribution in [3.8, 4) is 0 Å². The predicted molar refractivity (Wildman–Crippen MR) is 13.5 cm³/mol. The molecule has 44 valence electrons. The van der Waals surface area contributed by atoms with E-state index in [1.54, 1.807) is 0 Å². The molecule has 0 rings (SSSR count). The quantitative estimate of drug-likeness (QED) is 0.608. The minimum atomic E-state index is 0. The van der Waals surface area contributed by atoms with Crippen LogP contribution in [0.5, 0.6) is 0 Å². The molecule has 0 aromatic heterocycles. The molecule has 0 aliphatic rings. The first kappa shape index (κ1) is 30.0. The molecule has 0 aliphatic carbocycles. The standard InChI is InChI=1S/2Ag.2NO/c;;2*1-2/q2*+1;2*-1. The molecule has 4 nitrogen and oxygen atoms in total. The minimum absolute atomic E-state index is 0. The van der Waals surface area contributed by atoms with Crippen molar-refractivity contribution >= 4 is 0 Å². The van der Waals surface area contributed by atoms with Gasteiger partial charge in [0.15, 0.2) is 0 Å². The van der Waals surface area contributed by atoms with Gasteiger partial charge in [0.1, 0.15) is 0 Å². The van der Waals surface area contributed by atoms with Crippen LogP contribution in [0.25, 0.3) is 11.2 Å². The van der Waals surface area contributed by atoms with Crippen LogP contribution in [-0.4, -0.2) is 0 Å². The number of rotatable bonds is 0. The largest absolute Gasteiger partial charge is 1.00 e. The second-order valence-electron chi connectivity index (χ2n) is 0. The van der Waals surface area contributed by atoms with Crippen molar-refractivity contribution < 1.29 is 44.8 Å². The van der Waals surface area contributed by atoms with Crippen molar-refractivity contribution in [1.29, 1.82) is 0 Å². The Kier molecular flexibility index (Phi) is 1340. The number of hydrogen-bond donors (Lipinski definition) is 0. The van der Waals surface area contributed by atoms with Crippen molar-refractivity contribution in [2.24, 2.45) is 0 Å². The molecule has 0 bridgehead atoms. The van der Waals surface area contributed by atoms with Gasteiger partial charge in [0.05, 0.1) is 0 Å². The van der Waals surface area contributed by atoms with Gasteiger partial charge in [-0.3, -0.25) is 0 Å². The SMILES string of the molecule is [Ag+].[Ag+].[N-]=O.[N-]=O. The molecule has 0 saturated carbocycles. The molecular formula is Ag2N2O2. The van der Waals surface area contributed by atoms with E-state index in [-0.39, 0.29) is 44.8 Å². The van der Waals surface area contributed by atoms with Crippen LogP contribution >= 0.6 is 0 Å². The molecular weight excluding hydrogens is 276 g/mol. The van der Waals surface area contributed by atoms with Crippen molar-refractivity contribution in [2.45, 2.75) is 0 Å². The monoisotopic (exact) mass is 274 g/mol. The number of nitrogens with zero attached hydrogens (tertiary/aromatic N) is 2. The first-order chi connectivity index (χ1) is 2.00. The maximum absolute atomic E-state index is 7.25. The van der Waals surface area contributed by atoms with Gasteiger partial charge in [0, 0.05) is 0 Å². The Morgan fingerprint density at radius 1 is 0.667 bits per heavy atom. The normalized spacial score (nSPS) is 1.33. The van der Waals surface area contributed by atoms with Gasteiger partial charge in [-0.2, -0.15) is 0 Å². The van der Waals surface area contributed by atoms with Crippen LogP contribution in [0.4, 0.5) is 0 Å². The maximum atomic E-state index is 7.25. The average molecular weight is 276 g/mol. The van der Waals surface area contributed by atoms with Crippen LogP contribution in [0.3, 0.4) is 0 Å². The zero-order chi connectivity index (χ0) is 4.00. The minimum Gasteiger partial charge on any atom is -0.577 e. The molecule has 0 N–H and O–H groups in total. The summed E-state index contributed by atoms with van der Waals surface area (Å²) in [5.74, 6) is 0. The van der Waals surface area contributed by atoms with Gasteiger partial charge in [-0.1, -0.05) is 0 Å². The third kappa shape index (κ3) is 137. The van der Waals surface area contributed by atoms with E-state index in [0.717, 1.165) is 0 Å². The van der Waals surface area contributed by atoms with E-state index in [2.05, 4.69) is 0 Å². The molecule has 0 atom stereocenters. The summed E-state index contributed by atoms with van der Waals surface area (Å²) in [6.45, 7) is 0. The predicted octanol–water partition coefficient (Wildman–Crippen LogP) is 0.639. The summed E-state index contributed by atoms with van der Waals surface area (Å²) in [6.07, 6.45) is 0. The van der Waals surface area contributed by atoms with Crippen molar-refractivity contribution in [2.75, 3.05) is 0 Å². The Labute approximate surface area is 65.6 Å². The van der Waals surface area contributed by atoms with E-state index in [1.165, 1.54) is 0 Å². The third-order valence-electron chi connectivity index (χ3n) is 0. The molecule has 6 heteroatoms. The van der Waals surface area contributed by atoms with Gasteiger partial charge in [-0.15, -0.1) is 0 Å². The molecule has 0 spiro atoms. The third-order valence-corrected chi connectivity index (χ3v) is 0. The van der Waals surface area contributed by atoms with Crippen LogP contribution in [0.15, 0.2) is 0 Å². The molecule has 0 amide bonds. The first-order valence-corrected chi connectivity index (χ1v) is 0.365. The fraction of sp³-hybridized carbons (Fsp3) is 0. The summed E-state index contributed by atoms with van der Waals surface area (Å²) >= 11 is 0. The van der Waals surface area contributed by atoms with Gasteiger partial charge in [0.2, 0.25) is 0 Å². The van der Waals surface area contributed by atoms with Gasteiger partial charge in [-0.25, -0.2) is 0 Å². The zero-order valence-electron chi connectivity index (χ0n) is 2.31. The topological polar surface area (TPSA) is 78.7 Å². The van der Waals surface area contributed by atoms with Gasteiger partial charge in [-0.05, 0) is 0 Å². The smallest absolute Gasteiger partial charge is 0.577 e. The molecule has 0 heterocycles. The molecule has 0 fully saturated rings. The fourth-order valence-corrected chi connectivity index (χ4v) is 0. The van der Waals surface area contributed by atoms with Crippen LogP contribution in [0.2, 0.25) is 0 Å². The van der Waals surface area contributed by atoms with E-state index in [4.69, 9.17) is 21.0 Å². The second-order valence-corrected chi connectivity index (χ2v) is 0. The van der Waals surface area contributed by atoms with E-state index < -0.39 is 0 Å². The summed E-state index contributed by atoms with van der Waals surface area (Å²) in [6, 6.07) is 0. The average Bonchev–Trinajstić information content (AvgIpc) is 1.50. The first-order valence-electron chi connectivity index (χ1n) is 0.365. The summed E-state index contributed by atoms with van der Waals surface area (Å²) in [5.41, 5.74) is 11.5. The Morgan fingerprint density at radius 3 is 0.667 bits per heavy atom. The molecule has 6 heavy (non-hydrogen) atoms. The zero-order valence-corrected chi connectivity index (χ0v) is 5.28. The summed E-state index contributed by atoms with van der Waals surface area (Å²) in [5, 5.41) is 0. The number of nitroso groups, excluding NO2 is 2. The Morgan fingerprint density at radius 2 is 0.667 bits per heavy atom. The Hall–Kier alpha value is 0.681.